The monoisotopic (exact) mass is 326 g/mol. The number of ether oxygens (including phenoxy) is 1. The molecule has 1 aromatic rings. The van der Waals surface area contributed by atoms with Crippen molar-refractivity contribution in [3.8, 4) is 0 Å². The van der Waals surface area contributed by atoms with Gasteiger partial charge in [-0.25, -0.2) is 9.59 Å². The van der Waals surface area contributed by atoms with Crippen LogP contribution in [0.25, 0.3) is 0 Å². The van der Waals surface area contributed by atoms with Crippen LogP contribution >= 0.6 is 0 Å². The number of aromatic nitrogens is 1. The van der Waals surface area contributed by atoms with Crippen LogP contribution < -0.4 is 10.6 Å². The Hall–Kier alpha value is -2.25. The summed E-state index contributed by atoms with van der Waals surface area (Å²) < 4.78 is 10.1. The normalized spacial score (nSPS) is 12.4. The number of hydrogen-bond donors (Lipinski definition) is 2. The molecule has 1 aromatic heterocycles. The molecular formula is C15H26N4O4. The summed E-state index contributed by atoms with van der Waals surface area (Å²) in [6.45, 7) is 10.0. The van der Waals surface area contributed by atoms with Crippen molar-refractivity contribution in [1.82, 2.24) is 15.4 Å². The lowest BCUT2D eigenvalue weighted by atomic mass is 10.1. The van der Waals surface area contributed by atoms with Gasteiger partial charge in [-0.1, -0.05) is 12.1 Å². The zero-order valence-electron chi connectivity index (χ0n) is 14.6. The minimum absolute atomic E-state index is 0.0670. The van der Waals surface area contributed by atoms with E-state index < -0.39 is 5.60 Å². The number of amides is 3. The summed E-state index contributed by atoms with van der Waals surface area (Å²) in [6.07, 6.45) is -0.383. The highest BCUT2D eigenvalue weighted by molar-refractivity contribution is 5.88. The predicted octanol–water partition coefficient (Wildman–Crippen LogP) is 2.61. The van der Waals surface area contributed by atoms with E-state index in [1.165, 1.54) is 4.90 Å². The van der Waals surface area contributed by atoms with Crippen LogP contribution in [0.3, 0.4) is 0 Å². The Balaban J connectivity index is 2.31. The maximum atomic E-state index is 11.9. The number of anilines is 1. The number of nitrogens with one attached hydrogen (secondary N) is 2. The molecule has 0 bridgehead atoms. The molecule has 0 aliphatic heterocycles. The van der Waals surface area contributed by atoms with Gasteiger partial charge in [0.25, 0.3) is 0 Å². The second-order valence-corrected chi connectivity index (χ2v) is 6.62. The molecule has 2 N–H and O–H groups in total. The van der Waals surface area contributed by atoms with Crippen molar-refractivity contribution in [2.75, 3.05) is 25.5 Å². The summed E-state index contributed by atoms with van der Waals surface area (Å²) in [7, 11) is 1.67. The van der Waals surface area contributed by atoms with Gasteiger partial charge in [0, 0.05) is 26.2 Å². The molecule has 8 heteroatoms. The highest BCUT2D eigenvalue weighted by Crippen LogP contribution is 2.10. The Morgan fingerprint density at radius 3 is 2.61 bits per heavy atom. The number of hydrogen-bond acceptors (Lipinski definition) is 5. The molecule has 0 fully saturated rings. The highest BCUT2D eigenvalue weighted by atomic mass is 16.6. The van der Waals surface area contributed by atoms with Gasteiger partial charge in [-0.05, 0) is 33.6 Å². The molecule has 130 valence electrons. The van der Waals surface area contributed by atoms with Crippen molar-refractivity contribution in [1.29, 1.82) is 0 Å². The van der Waals surface area contributed by atoms with Gasteiger partial charge in [0.2, 0.25) is 0 Å². The fourth-order valence-electron chi connectivity index (χ4n) is 1.80. The van der Waals surface area contributed by atoms with Crippen LogP contribution in [0, 0.1) is 12.8 Å². The first-order valence-corrected chi connectivity index (χ1v) is 7.49. The lowest BCUT2D eigenvalue weighted by Gasteiger charge is -2.26. The molecule has 23 heavy (non-hydrogen) atoms. The number of aryl methyl sites for hydroxylation is 1. The summed E-state index contributed by atoms with van der Waals surface area (Å²) in [4.78, 5) is 25.1. The molecule has 0 unspecified atom stereocenters. The van der Waals surface area contributed by atoms with Gasteiger partial charge >= 0.3 is 12.1 Å². The van der Waals surface area contributed by atoms with Crippen LogP contribution in [0.4, 0.5) is 15.4 Å². The van der Waals surface area contributed by atoms with Crippen LogP contribution in [0.1, 0.15) is 33.5 Å². The quantitative estimate of drug-likeness (QED) is 0.867. The Morgan fingerprint density at radius 1 is 1.43 bits per heavy atom. The number of carbonyl (C=O) groups excluding carboxylic acids is 2. The number of rotatable bonds is 5. The highest BCUT2D eigenvalue weighted by Gasteiger charge is 2.20. The van der Waals surface area contributed by atoms with Crippen molar-refractivity contribution >= 4 is 17.9 Å². The number of urea groups is 1. The van der Waals surface area contributed by atoms with Crippen molar-refractivity contribution in [2.24, 2.45) is 5.92 Å². The van der Waals surface area contributed by atoms with Crippen LogP contribution in [0.15, 0.2) is 10.6 Å². The van der Waals surface area contributed by atoms with Gasteiger partial charge in [-0.2, -0.15) is 0 Å². The zero-order valence-corrected chi connectivity index (χ0v) is 14.6. The third-order valence-corrected chi connectivity index (χ3v) is 2.77. The average molecular weight is 326 g/mol. The Kier molecular flexibility index (Phi) is 6.41. The molecule has 1 heterocycles. The summed E-state index contributed by atoms with van der Waals surface area (Å²) in [5.41, 5.74) is -0.525. The molecular weight excluding hydrogens is 300 g/mol. The van der Waals surface area contributed by atoms with Crippen molar-refractivity contribution in [3.05, 3.63) is 11.8 Å². The lowest BCUT2D eigenvalue weighted by molar-refractivity contribution is 0.0278. The first kappa shape index (κ1) is 18.8. The van der Waals surface area contributed by atoms with E-state index >= 15 is 0 Å². The van der Waals surface area contributed by atoms with E-state index in [0.717, 1.165) is 0 Å². The summed E-state index contributed by atoms with van der Waals surface area (Å²) in [6, 6.07) is 1.25. The van der Waals surface area contributed by atoms with Gasteiger partial charge in [-0.3, -0.25) is 5.32 Å². The van der Waals surface area contributed by atoms with E-state index in [4.69, 9.17) is 9.26 Å². The number of carbonyl (C=O) groups is 2. The summed E-state index contributed by atoms with van der Waals surface area (Å²) in [5, 5.41) is 8.96. The third-order valence-electron chi connectivity index (χ3n) is 2.77. The molecule has 1 rings (SSSR count). The molecule has 0 radical (unpaired) electrons. The average Bonchev–Trinajstić information content (AvgIpc) is 2.79. The topological polar surface area (TPSA) is 96.7 Å². The molecule has 0 spiro atoms. The molecule has 0 saturated carbocycles. The van der Waals surface area contributed by atoms with E-state index in [0.29, 0.717) is 24.7 Å². The van der Waals surface area contributed by atoms with E-state index in [-0.39, 0.29) is 18.0 Å². The number of nitrogens with zero attached hydrogens (tertiary/aromatic N) is 2. The molecule has 8 nitrogen and oxygen atoms in total. The largest absolute Gasteiger partial charge is 0.444 e. The van der Waals surface area contributed by atoms with E-state index in [1.807, 2.05) is 27.7 Å². The van der Waals surface area contributed by atoms with Crippen LogP contribution in [0.2, 0.25) is 0 Å². The predicted molar refractivity (Wildman–Crippen MR) is 86.3 cm³/mol. The standard InChI is InChI=1S/C15H26N4O4/c1-10(9-19(6)14(21)22-15(3,4)5)8-16-13(20)17-12-7-11(2)23-18-12/h7,10H,8-9H2,1-6H3,(H2,16,17,18,20)/t10-/m1/s1. The van der Waals surface area contributed by atoms with Gasteiger partial charge in [0.05, 0.1) is 0 Å². The molecule has 0 aliphatic carbocycles. The van der Waals surface area contributed by atoms with Gasteiger partial charge in [-0.15, -0.1) is 0 Å². The van der Waals surface area contributed by atoms with Crippen LogP contribution in [-0.2, 0) is 4.74 Å². The van der Waals surface area contributed by atoms with E-state index in [9.17, 15) is 9.59 Å². The third kappa shape index (κ3) is 7.53. The summed E-state index contributed by atoms with van der Waals surface area (Å²) in [5.74, 6) is 1.04. The second kappa shape index (κ2) is 7.85. The van der Waals surface area contributed by atoms with E-state index in [2.05, 4.69) is 15.8 Å². The van der Waals surface area contributed by atoms with Gasteiger partial charge < -0.3 is 19.5 Å². The van der Waals surface area contributed by atoms with E-state index in [1.54, 1.807) is 20.0 Å². The zero-order chi connectivity index (χ0) is 17.6. The van der Waals surface area contributed by atoms with Crippen molar-refractivity contribution < 1.29 is 18.8 Å². The molecule has 3 amide bonds. The maximum absolute atomic E-state index is 11.9. The first-order chi connectivity index (χ1) is 10.6. The fourth-order valence-corrected chi connectivity index (χ4v) is 1.80. The Labute approximate surface area is 136 Å². The second-order valence-electron chi connectivity index (χ2n) is 6.62. The molecule has 0 saturated heterocycles. The summed E-state index contributed by atoms with van der Waals surface area (Å²) >= 11 is 0. The Morgan fingerprint density at radius 2 is 2.09 bits per heavy atom. The fraction of sp³-hybridized carbons (Fsp3) is 0.667. The lowest BCUT2D eigenvalue weighted by Crippen LogP contribution is -2.40. The maximum Gasteiger partial charge on any atom is 0.410 e. The van der Waals surface area contributed by atoms with Crippen LogP contribution in [-0.4, -0.2) is 47.9 Å². The first-order valence-electron chi connectivity index (χ1n) is 7.49. The van der Waals surface area contributed by atoms with Gasteiger partial charge in [0.15, 0.2) is 5.82 Å². The van der Waals surface area contributed by atoms with Crippen LogP contribution in [0.5, 0.6) is 0 Å². The molecule has 0 aromatic carbocycles. The van der Waals surface area contributed by atoms with Crippen molar-refractivity contribution in [2.45, 2.75) is 40.2 Å². The smallest absolute Gasteiger partial charge is 0.410 e. The molecule has 0 aliphatic rings. The van der Waals surface area contributed by atoms with Crippen molar-refractivity contribution in [3.63, 3.8) is 0 Å². The Bertz CT molecular complexity index is 536. The SMILES string of the molecule is Cc1cc(NC(=O)NC[C@@H](C)CN(C)C(=O)OC(C)(C)C)no1. The van der Waals surface area contributed by atoms with Gasteiger partial charge in [0.1, 0.15) is 11.4 Å². The minimum atomic E-state index is -0.525. The minimum Gasteiger partial charge on any atom is -0.444 e. The molecule has 1 atom stereocenters.